The SMILES string of the molecule is CCCC1C[C@@H](NC(=O)OC(C)(C)C)C[C@H]1C(=O)OC. The van der Waals surface area contributed by atoms with Crippen LogP contribution >= 0.6 is 0 Å². The number of alkyl carbamates (subject to hydrolysis) is 1. The van der Waals surface area contributed by atoms with E-state index in [1.807, 2.05) is 20.8 Å². The van der Waals surface area contributed by atoms with Crippen LogP contribution in [0, 0.1) is 11.8 Å². The smallest absolute Gasteiger partial charge is 0.407 e. The molecule has 1 saturated carbocycles. The molecule has 1 unspecified atom stereocenters. The Kier molecular flexibility index (Phi) is 5.84. The van der Waals surface area contributed by atoms with E-state index in [1.165, 1.54) is 7.11 Å². The molecule has 1 rings (SSSR count). The van der Waals surface area contributed by atoms with E-state index in [-0.39, 0.29) is 23.8 Å². The standard InChI is InChI=1S/C15H27NO4/c1-6-7-10-8-11(9-12(10)13(17)19-5)16-14(18)20-15(2,3)4/h10-12H,6-9H2,1-5H3,(H,16,18)/t10?,11-,12-/m1/s1. The van der Waals surface area contributed by atoms with Gasteiger partial charge in [0.1, 0.15) is 5.60 Å². The van der Waals surface area contributed by atoms with Crippen molar-refractivity contribution in [2.75, 3.05) is 7.11 Å². The number of methoxy groups -OCH3 is 1. The lowest BCUT2D eigenvalue weighted by molar-refractivity contribution is -0.146. The molecule has 1 aliphatic carbocycles. The number of esters is 1. The van der Waals surface area contributed by atoms with Gasteiger partial charge in [0.25, 0.3) is 0 Å². The molecule has 116 valence electrons. The molecule has 5 heteroatoms. The number of ether oxygens (including phenoxy) is 2. The van der Waals surface area contributed by atoms with Crippen molar-refractivity contribution < 1.29 is 19.1 Å². The summed E-state index contributed by atoms with van der Waals surface area (Å²) < 4.78 is 10.1. The Morgan fingerprint density at radius 3 is 2.40 bits per heavy atom. The Hall–Kier alpha value is -1.26. The van der Waals surface area contributed by atoms with Crippen molar-refractivity contribution in [3.8, 4) is 0 Å². The van der Waals surface area contributed by atoms with Crippen molar-refractivity contribution >= 4 is 12.1 Å². The molecule has 0 aromatic rings. The minimum atomic E-state index is -0.507. The maximum atomic E-state index is 11.8. The van der Waals surface area contributed by atoms with E-state index in [4.69, 9.17) is 9.47 Å². The average Bonchev–Trinajstić information content (AvgIpc) is 2.69. The summed E-state index contributed by atoms with van der Waals surface area (Å²) in [6, 6.07) is -0.00880. The van der Waals surface area contributed by atoms with Crippen LogP contribution in [0.1, 0.15) is 53.4 Å². The van der Waals surface area contributed by atoms with Crippen molar-refractivity contribution in [1.82, 2.24) is 5.32 Å². The predicted octanol–water partition coefficient (Wildman–Crippen LogP) is 2.88. The third-order valence-corrected chi connectivity index (χ3v) is 3.58. The Bertz CT molecular complexity index is 348. The molecule has 0 aromatic heterocycles. The first-order valence-corrected chi connectivity index (χ1v) is 7.34. The van der Waals surface area contributed by atoms with E-state index in [0.717, 1.165) is 19.3 Å². The van der Waals surface area contributed by atoms with Gasteiger partial charge in [0.2, 0.25) is 0 Å². The highest BCUT2D eigenvalue weighted by atomic mass is 16.6. The topological polar surface area (TPSA) is 64.6 Å². The van der Waals surface area contributed by atoms with Crippen LogP contribution in [0.25, 0.3) is 0 Å². The molecule has 0 spiro atoms. The van der Waals surface area contributed by atoms with Gasteiger partial charge in [-0.25, -0.2) is 4.79 Å². The normalized spacial score (nSPS) is 26.1. The molecular formula is C15H27NO4. The second-order valence-corrected chi connectivity index (χ2v) is 6.49. The molecule has 0 saturated heterocycles. The second kappa shape index (κ2) is 6.95. The molecule has 20 heavy (non-hydrogen) atoms. The van der Waals surface area contributed by atoms with Crippen LogP contribution in [0.2, 0.25) is 0 Å². The monoisotopic (exact) mass is 285 g/mol. The number of hydrogen-bond acceptors (Lipinski definition) is 4. The zero-order valence-electron chi connectivity index (χ0n) is 13.2. The van der Waals surface area contributed by atoms with Gasteiger partial charge in [-0.05, 0) is 46.0 Å². The van der Waals surface area contributed by atoms with Gasteiger partial charge in [-0.15, -0.1) is 0 Å². The lowest BCUT2D eigenvalue weighted by atomic mass is 9.92. The lowest BCUT2D eigenvalue weighted by Crippen LogP contribution is -2.38. The van der Waals surface area contributed by atoms with E-state index < -0.39 is 11.7 Å². The van der Waals surface area contributed by atoms with Crippen molar-refractivity contribution in [3.05, 3.63) is 0 Å². The minimum Gasteiger partial charge on any atom is -0.469 e. The number of carbonyl (C=O) groups excluding carboxylic acids is 2. The Morgan fingerprint density at radius 2 is 1.90 bits per heavy atom. The summed E-state index contributed by atoms with van der Waals surface area (Å²) in [6.45, 7) is 7.60. The van der Waals surface area contributed by atoms with Crippen molar-refractivity contribution in [2.24, 2.45) is 11.8 Å². The van der Waals surface area contributed by atoms with Gasteiger partial charge >= 0.3 is 12.1 Å². The first kappa shape index (κ1) is 16.8. The van der Waals surface area contributed by atoms with Crippen LogP contribution in [-0.2, 0) is 14.3 Å². The zero-order chi connectivity index (χ0) is 15.3. The number of carbonyl (C=O) groups is 2. The molecule has 5 nitrogen and oxygen atoms in total. The largest absolute Gasteiger partial charge is 0.469 e. The molecule has 0 heterocycles. The summed E-state index contributed by atoms with van der Waals surface area (Å²) in [5.74, 6) is 0.00390. The van der Waals surface area contributed by atoms with Crippen LogP contribution in [0.3, 0.4) is 0 Å². The van der Waals surface area contributed by atoms with Crippen LogP contribution in [-0.4, -0.2) is 30.8 Å². The third-order valence-electron chi connectivity index (χ3n) is 3.58. The van der Waals surface area contributed by atoms with Crippen LogP contribution < -0.4 is 5.32 Å². The first-order chi connectivity index (χ1) is 9.26. The minimum absolute atomic E-state index is 0.00880. The summed E-state index contributed by atoms with van der Waals surface area (Å²) in [6.07, 6.45) is 3.04. The van der Waals surface area contributed by atoms with E-state index in [9.17, 15) is 9.59 Å². The van der Waals surface area contributed by atoms with Crippen LogP contribution in [0.15, 0.2) is 0 Å². The molecule has 1 aliphatic rings. The summed E-state index contributed by atoms with van der Waals surface area (Å²) >= 11 is 0. The highest BCUT2D eigenvalue weighted by Crippen LogP contribution is 2.36. The highest BCUT2D eigenvalue weighted by molar-refractivity contribution is 5.74. The molecule has 1 N–H and O–H groups in total. The van der Waals surface area contributed by atoms with Crippen molar-refractivity contribution in [1.29, 1.82) is 0 Å². The molecule has 1 fully saturated rings. The summed E-state index contributed by atoms with van der Waals surface area (Å²) in [4.78, 5) is 23.6. The summed E-state index contributed by atoms with van der Waals surface area (Å²) in [5.41, 5.74) is -0.507. The van der Waals surface area contributed by atoms with E-state index in [0.29, 0.717) is 6.42 Å². The molecule has 3 atom stereocenters. The summed E-state index contributed by atoms with van der Waals surface area (Å²) in [7, 11) is 1.42. The second-order valence-electron chi connectivity index (χ2n) is 6.49. The predicted molar refractivity (Wildman–Crippen MR) is 76.3 cm³/mol. The maximum Gasteiger partial charge on any atom is 0.407 e. The number of hydrogen-bond donors (Lipinski definition) is 1. The fourth-order valence-electron chi connectivity index (χ4n) is 2.85. The Labute approximate surface area is 121 Å². The molecule has 1 amide bonds. The molecule has 0 aliphatic heterocycles. The fourth-order valence-corrected chi connectivity index (χ4v) is 2.85. The number of nitrogens with one attached hydrogen (secondary N) is 1. The highest BCUT2D eigenvalue weighted by Gasteiger charge is 2.39. The van der Waals surface area contributed by atoms with Gasteiger partial charge in [0.05, 0.1) is 13.0 Å². The van der Waals surface area contributed by atoms with Crippen molar-refractivity contribution in [2.45, 2.75) is 65.0 Å². The third kappa shape index (κ3) is 5.02. The number of amides is 1. The van der Waals surface area contributed by atoms with E-state index in [2.05, 4.69) is 12.2 Å². The van der Waals surface area contributed by atoms with Gasteiger partial charge in [-0.3, -0.25) is 4.79 Å². The summed E-state index contributed by atoms with van der Waals surface area (Å²) in [5, 5.41) is 2.86. The van der Waals surface area contributed by atoms with Crippen LogP contribution in [0.4, 0.5) is 4.79 Å². The van der Waals surface area contributed by atoms with Gasteiger partial charge in [-0.2, -0.15) is 0 Å². The fraction of sp³-hybridized carbons (Fsp3) is 0.867. The Balaban J connectivity index is 2.57. The van der Waals surface area contributed by atoms with Gasteiger partial charge in [0, 0.05) is 6.04 Å². The molecule has 0 aromatic carbocycles. The van der Waals surface area contributed by atoms with Gasteiger partial charge in [-0.1, -0.05) is 13.3 Å². The average molecular weight is 285 g/mol. The molecular weight excluding hydrogens is 258 g/mol. The zero-order valence-corrected chi connectivity index (χ0v) is 13.2. The van der Waals surface area contributed by atoms with E-state index in [1.54, 1.807) is 0 Å². The van der Waals surface area contributed by atoms with Crippen LogP contribution in [0.5, 0.6) is 0 Å². The van der Waals surface area contributed by atoms with E-state index >= 15 is 0 Å². The number of rotatable bonds is 4. The lowest BCUT2D eigenvalue weighted by Gasteiger charge is -2.21. The quantitative estimate of drug-likeness (QED) is 0.807. The van der Waals surface area contributed by atoms with Gasteiger partial charge < -0.3 is 14.8 Å². The molecule has 0 radical (unpaired) electrons. The van der Waals surface area contributed by atoms with Crippen molar-refractivity contribution in [3.63, 3.8) is 0 Å². The molecule has 0 bridgehead atoms. The maximum absolute atomic E-state index is 11.8. The Morgan fingerprint density at radius 1 is 1.25 bits per heavy atom. The first-order valence-electron chi connectivity index (χ1n) is 7.34. The van der Waals surface area contributed by atoms with Gasteiger partial charge in [0.15, 0.2) is 0 Å².